The monoisotopic (exact) mass is 284 g/mol. The van der Waals surface area contributed by atoms with Gasteiger partial charge in [-0.15, -0.1) is 5.10 Å². The number of nitrogens with zero attached hydrogens (tertiary/aromatic N) is 2. The van der Waals surface area contributed by atoms with Gasteiger partial charge in [0.2, 0.25) is 0 Å². The van der Waals surface area contributed by atoms with E-state index in [9.17, 15) is 4.79 Å². The second kappa shape index (κ2) is 5.96. The van der Waals surface area contributed by atoms with Gasteiger partial charge in [-0.3, -0.25) is 4.79 Å². The number of rotatable bonds is 5. The number of hydrogen-bond acceptors (Lipinski definition) is 5. The van der Waals surface area contributed by atoms with Gasteiger partial charge >= 0.3 is 0 Å². The lowest BCUT2D eigenvalue weighted by Gasteiger charge is -2.26. The van der Waals surface area contributed by atoms with Crippen LogP contribution in [-0.4, -0.2) is 27.6 Å². The van der Waals surface area contributed by atoms with Crippen molar-refractivity contribution in [3.8, 4) is 0 Å². The first-order valence-electron chi connectivity index (χ1n) is 6.63. The zero-order valence-corrected chi connectivity index (χ0v) is 13.2. The molecule has 0 spiro atoms. The van der Waals surface area contributed by atoms with E-state index in [2.05, 4.69) is 14.9 Å². The maximum absolute atomic E-state index is 12.2. The van der Waals surface area contributed by atoms with Gasteiger partial charge in [0.1, 0.15) is 4.88 Å². The number of amides is 1. The van der Waals surface area contributed by atoms with Gasteiger partial charge in [0.25, 0.3) is 5.91 Å². The Balaban J connectivity index is 2.78. The van der Waals surface area contributed by atoms with Crippen molar-refractivity contribution < 1.29 is 4.79 Å². The highest BCUT2D eigenvalue weighted by Gasteiger charge is 2.28. The summed E-state index contributed by atoms with van der Waals surface area (Å²) < 4.78 is 3.89. The lowest BCUT2D eigenvalue weighted by molar-refractivity contribution is 0.0944. The minimum absolute atomic E-state index is 0.128. The van der Waals surface area contributed by atoms with E-state index >= 15 is 0 Å². The molecule has 0 aliphatic rings. The van der Waals surface area contributed by atoms with Crippen molar-refractivity contribution in [2.75, 3.05) is 6.54 Å². The molecule has 0 bridgehead atoms. The summed E-state index contributed by atoms with van der Waals surface area (Å²) in [4.78, 5) is 12.8. The predicted molar refractivity (Wildman–Crippen MR) is 78.4 cm³/mol. The summed E-state index contributed by atoms with van der Waals surface area (Å²) in [5.74, 6) is -0.128. The number of hydrogen-bond donors (Lipinski definition) is 2. The quantitative estimate of drug-likeness (QED) is 0.867. The van der Waals surface area contributed by atoms with Gasteiger partial charge in [-0.05, 0) is 24.4 Å². The minimum atomic E-state index is -0.338. The van der Waals surface area contributed by atoms with E-state index in [1.165, 1.54) is 0 Å². The molecule has 1 amide bonds. The Morgan fingerprint density at radius 1 is 1.32 bits per heavy atom. The van der Waals surface area contributed by atoms with E-state index in [1.807, 2.05) is 34.6 Å². The summed E-state index contributed by atoms with van der Waals surface area (Å²) in [6, 6.07) is 0. The molecule has 0 aromatic carbocycles. The highest BCUT2D eigenvalue weighted by atomic mass is 32.1. The normalized spacial score (nSPS) is 12.5. The van der Waals surface area contributed by atoms with Crippen LogP contribution in [0.25, 0.3) is 0 Å². The molecule has 1 rings (SSSR count). The molecule has 108 valence electrons. The molecule has 0 unspecified atom stereocenters. The maximum Gasteiger partial charge on any atom is 0.265 e. The van der Waals surface area contributed by atoms with Gasteiger partial charge in [-0.25, -0.2) is 0 Å². The van der Waals surface area contributed by atoms with Gasteiger partial charge in [-0.1, -0.05) is 39.1 Å². The summed E-state index contributed by atoms with van der Waals surface area (Å²) in [6.07, 6.45) is 1.66. The van der Waals surface area contributed by atoms with Gasteiger partial charge in [0, 0.05) is 17.5 Å². The Labute approximate surface area is 119 Å². The van der Waals surface area contributed by atoms with Crippen LogP contribution in [-0.2, 0) is 5.41 Å². The highest BCUT2D eigenvalue weighted by molar-refractivity contribution is 7.08. The Morgan fingerprint density at radius 2 is 1.89 bits per heavy atom. The third-order valence-electron chi connectivity index (χ3n) is 3.41. The van der Waals surface area contributed by atoms with Crippen molar-refractivity contribution in [3.63, 3.8) is 0 Å². The number of nitrogens with one attached hydrogen (secondary N) is 1. The van der Waals surface area contributed by atoms with Crippen LogP contribution in [0.3, 0.4) is 0 Å². The second-order valence-corrected chi connectivity index (χ2v) is 6.71. The Hall–Kier alpha value is -1.01. The maximum atomic E-state index is 12.2. The molecule has 0 saturated heterocycles. The molecule has 1 aromatic rings. The summed E-state index contributed by atoms with van der Waals surface area (Å²) in [5.41, 5.74) is 6.40. The Kier molecular flexibility index (Phi) is 5.04. The number of carbonyl (C=O) groups is 1. The zero-order chi connectivity index (χ0) is 14.7. The third kappa shape index (κ3) is 3.98. The number of carbonyl (C=O) groups excluding carboxylic acids is 1. The molecule has 0 aliphatic carbocycles. The molecule has 1 heterocycles. The van der Waals surface area contributed by atoms with Crippen LogP contribution >= 0.6 is 11.5 Å². The lowest BCUT2D eigenvalue weighted by atomic mass is 9.91. The first-order valence-corrected chi connectivity index (χ1v) is 7.40. The van der Waals surface area contributed by atoms with Crippen molar-refractivity contribution in [1.29, 1.82) is 0 Å². The zero-order valence-electron chi connectivity index (χ0n) is 12.4. The summed E-state index contributed by atoms with van der Waals surface area (Å²) >= 11 is 1.14. The van der Waals surface area contributed by atoms with E-state index in [-0.39, 0.29) is 16.9 Å². The van der Waals surface area contributed by atoms with Gasteiger partial charge in [-0.2, -0.15) is 0 Å². The molecule has 6 heteroatoms. The van der Waals surface area contributed by atoms with Crippen molar-refractivity contribution in [2.45, 2.75) is 58.4 Å². The molecule has 0 radical (unpaired) electrons. The molecule has 1 aromatic heterocycles. The molecule has 19 heavy (non-hydrogen) atoms. The highest BCUT2D eigenvalue weighted by Crippen LogP contribution is 2.25. The fourth-order valence-electron chi connectivity index (χ4n) is 1.67. The lowest BCUT2D eigenvalue weighted by Crippen LogP contribution is -2.49. The number of aromatic nitrogens is 2. The van der Waals surface area contributed by atoms with E-state index in [0.29, 0.717) is 11.4 Å². The predicted octanol–water partition coefficient (Wildman–Crippen LogP) is 2.08. The van der Waals surface area contributed by atoms with Crippen LogP contribution in [0.2, 0.25) is 0 Å². The number of nitrogens with two attached hydrogens (primary N) is 1. The van der Waals surface area contributed by atoms with E-state index in [1.54, 1.807) is 0 Å². The Morgan fingerprint density at radius 3 is 2.37 bits per heavy atom. The van der Waals surface area contributed by atoms with E-state index in [0.717, 1.165) is 30.1 Å². The van der Waals surface area contributed by atoms with E-state index < -0.39 is 0 Å². The summed E-state index contributed by atoms with van der Waals surface area (Å²) in [7, 11) is 0. The molecule has 5 nitrogen and oxygen atoms in total. The second-order valence-electron chi connectivity index (χ2n) is 5.95. The first kappa shape index (κ1) is 16.0. The van der Waals surface area contributed by atoms with Crippen LogP contribution in [0.5, 0.6) is 0 Å². The molecular formula is C13H24N4OS. The standard InChI is InChI=1S/C13H24N4OS/c1-6-13(14,7-2)8-15-11(18)9-10(12(3,4)5)16-17-19-9/h6-8,14H2,1-5H3,(H,15,18). The van der Waals surface area contributed by atoms with Gasteiger partial charge in [0.15, 0.2) is 0 Å². The summed E-state index contributed by atoms with van der Waals surface area (Å²) in [6.45, 7) is 10.6. The average molecular weight is 284 g/mol. The Bertz CT molecular complexity index is 432. The average Bonchev–Trinajstić information content (AvgIpc) is 2.84. The topological polar surface area (TPSA) is 80.9 Å². The van der Waals surface area contributed by atoms with Crippen LogP contribution in [0.1, 0.15) is 62.8 Å². The molecule has 3 N–H and O–H groups in total. The van der Waals surface area contributed by atoms with Crippen molar-refractivity contribution in [2.24, 2.45) is 5.73 Å². The van der Waals surface area contributed by atoms with Crippen molar-refractivity contribution >= 4 is 17.4 Å². The van der Waals surface area contributed by atoms with Crippen LogP contribution in [0.4, 0.5) is 0 Å². The van der Waals surface area contributed by atoms with Crippen LogP contribution in [0.15, 0.2) is 0 Å². The molecule has 0 fully saturated rings. The largest absolute Gasteiger partial charge is 0.349 e. The first-order chi connectivity index (χ1) is 8.73. The summed E-state index contributed by atoms with van der Waals surface area (Å²) in [5, 5.41) is 6.98. The third-order valence-corrected chi connectivity index (χ3v) is 4.14. The SMILES string of the molecule is CCC(N)(CC)CNC(=O)c1snnc1C(C)(C)C. The minimum Gasteiger partial charge on any atom is -0.349 e. The van der Waals surface area contributed by atoms with Crippen molar-refractivity contribution in [1.82, 2.24) is 14.9 Å². The smallest absolute Gasteiger partial charge is 0.265 e. The van der Waals surface area contributed by atoms with Crippen molar-refractivity contribution in [3.05, 3.63) is 10.6 Å². The van der Waals surface area contributed by atoms with Gasteiger partial charge in [0.05, 0.1) is 5.69 Å². The molecule has 0 atom stereocenters. The van der Waals surface area contributed by atoms with Crippen LogP contribution in [0, 0.1) is 0 Å². The fourth-order valence-corrected chi connectivity index (χ4v) is 2.46. The van der Waals surface area contributed by atoms with Gasteiger partial charge < -0.3 is 11.1 Å². The fraction of sp³-hybridized carbons (Fsp3) is 0.769. The van der Waals surface area contributed by atoms with Crippen LogP contribution < -0.4 is 11.1 Å². The molecule has 0 aliphatic heterocycles. The van der Waals surface area contributed by atoms with E-state index in [4.69, 9.17) is 5.73 Å². The molecule has 0 saturated carbocycles. The molecular weight excluding hydrogens is 260 g/mol.